The number of rotatable bonds is 8. The third-order valence-electron chi connectivity index (χ3n) is 6.15. The molecule has 0 saturated heterocycles. The van der Waals surface area contributed by atoms with E-state index in [-0.39, 0.29) is 11.9 Å². The van der Waals surface area contributed by atoms with E-state index in [0.29, 0.717) is 5.56 Å². The van der Waals surface area contributed by atoms with Gasteiger partial charge in [0, 0.05) is 22.7 Å². The molecule has 4 aromatic rings. The number of methoxy groups -OCH3 is 1. The fourth-order valence-corrected chi connectivity index (χ4v) is 4.48. The van der Waals surface area contributed by atoms with Crippen molar-refractivity contribution in [1.82, 2.24) is 5.32 Å². The van der Waals surface area contributed by atoms with Crippen LogP contribution in [-0.2, 0) is 0 Å². The van der Waals surface area contributed by atoms with Gasteiger partial charge < -0.3 is 10.1 Å². The predicted octanol–water partition coefficient (Wildman–Crippen LogP) is 7.37. The van der Waals surface area contributed by atoms with Gasteiger partial charge in [0.25, 0.3) is 5.91 Å². The summed E-state index contributed by atoms with van der Waals surface area (Å²) in [5.41, 5.74) is 2.57. The van der Waals surface area contributed by atoms with E-state index < -0.39 is 0 Å². The SMILES string of the molecule is CCCCC[C@@H](C)NC(=O)c1ccc2ccccc2c1-c1c(OC)ccc2ccccc12. The van der Waals surface area contributed by atoms with E-state index in [9.17, 15) is 4.79 Å². The molecule has 0 fully saturated rings. The molecule has 0 aliphatic rings. The first-order valence-electron chi connectivity index (χ1n) is 11.5. The molecule has 0 aliphatic carbocycles. The quantitative estimate of drug-likeness (QED) is 0.299. The van der Waals surface area contributed by atoms with E-state index in [1.807, 2.05) is 42.5 Å². The van der Waals surface area contributed by atoms with E-state index in [1.165, 1.54) is 12.8 Å². The maximum Gasteiger partial charge on any atom is 0.252 e. The van der Waals surface area contributed by atoms with E-state index in [4.69, 9.17) is 4.74 Å². The molecule has 1 amide bonds. The van der Waals surface area contributed by atoms with E-state index in [2.05, 4.69) is 49.5 Å². The second kappa shape index (κ2) is 9.86. The van der Waals surface area contributed by atoms with Crippen molar-refractivity contribution in [3.05, 3.63) is 78.4 Å². The van der Waals surface area contributed by atoms with Gasteiger partial charge in [-0.15, -0.1) is 0 Å². The zero-order valence-corrected chi connectivity index (χ0v) is 19.2. The van der Waals surface area contributed by atoms with E-state index in [0.717, 1.165) is 51.3 Å². The van der Waals surface area contributed by atoms with Gasteiger partial charge in [-0.05, 0) is 47.0 Å². The molecule has 0 heterocycles. The Morgan fingerprint density at radius 1 is 0.844 bits per heavy atom. The first kappa shape index (κ1) is 21.9. The van der Waals surface area contributed by atoms with Gasteiger partial charge in [0.2, 0.25) is 0 Å². The Morgan fingerprint density at radius 3 is 2.12 bits per heavy atom. The van der Waals surface area contributed by atoms with Gasteiger partial charge in [0.15, 0.2) is 0 Å². The average molecular weight is 426 g/mol. The van der Waals surface area contributed by atoms with E-state index in [1.54, 1.807) is 7.11 Å². The standard InChI is InChI=1S/C29H31NO2/c1-4-5-6-11-20(2)30-29(31)25-18-16-21-12-7-9-14-23(21)27(25)28-24-15-10-8-13-22(24)17-19-26(28)32-3/h7-10,12-20H,4-6,11H2,1-3H3,(H,30,31)/t20-/m1/s1. The summed E-state index contributed by atoms with van der Waals surface area (Å²) in [6, 6.07) is 24.7. The minimum atomic E-state index is -0.0373. The summed E-state index contributed by atoms with van der Waals surface area (Å²) in [5, 5.41) is 7.59. The van der Waals surface area contributed by atoms with Crippen LogP contribution >= 0.6 is 0 Å². The summed E-state index contributed by atoms with van der Waals surface area (Å²) in [6.07, 6.45) is 4.48. The molecule has 164 valence electrons. The fraction of sp³-hybridized carbons (Fsp3) is 0.276. The molecule has 4 aromatic carbocycles. The molecular weight excluding hydrogens is 394 g/mol. The number of amides is 1. The lowest BCUT2D eigenvalue weighted by Crippen LogP contribution is -2.32. The van der Waals surface area contributed by atoms with Crippen LogP contribution in [0.2, 0.25) is 0 Å². The summed E-state index contributed by atoms with van der Waals surface area (Å²) in [5.74, 6) is 0.731. The van der Waals surface area contributed by atoms with Crippen molar-refractivity contribution in [2.75, 3.05) is 7.11 Å². The summed E-state index contributed by atoms with van der Waals surface area (Å²) in [4.78, 5) is 13.5. The molecule has 0 aliphatic heterocycles. The summed E-state index contributed by atoms with van der Waals surface area (Å²) < 4.78 is 5.81. The minimum Gasteiger partial charge on any atom is -0.496 e. The molecule has 0 saturated carbocycles. The van der Waals surface area contributed by atoms with Crippen molar-refractivity contribution in [3.63, 3.8) is 0 Å². The Bertz CT molecular complexity index is 1240. The van der Waals surface area contributed by atoms with Crippen LogP contribution in [0.4, 0.5) is 0 Å². The second-order valence-electron chi connectivity index (χ2n) is 8.44. The molecule has 0 radical (unpaired) electrons. The van der Waals surface area contributed by atoms with Crippen LogP contribution in [0.3, 0.4) is 0 Å². The highest BCUT2D eigenvalue weighted by Crippen LogP contribution is 2.42. The van der Waals surface area contributed by atoms with Gasteiger partial charge in [-0.3, -0.25) is 4.79 Å². The highest BCUT2D eigenvalue weighted by atomic mass is 16.5. The highest BCUT2D eigenvalue weighted by Gasteiger charge is 2.21. The van der Waals surface area contributed by atoms with Gasteiger partial charge in [-0.25, -0.2) is 0 Å². The number of carbonyl (C=O) groups excluding carboxylic acids is 1. The number of nitrogens with one attached hydrogen (secondary N) is 1. The van der Waals surface area contributed by atoms with E-state index >= 15 is 0 Å². The first-order chi connectivity index (χ1) is 15.6. The van der Waals surface area contributed by atoms with Crippen LogP contribution in [0.25, 0.3) is 32.7 Å². The van der Waals surface area contributed by atoms with Crippen molar-refractivity contribution in [2.45, 2.75) is 45.6 Å². The molecule has 1 N–H and O–H groups in total. The Hall–Kier alpha value is -3.33. The van der Waals surface area contributed by atoms with Crippen molar-refractivity contribution in [3.8, 4) is 16.9 Å². The van der Waals surface area contributed by atoms with Gasteiger partial charge >= 0.3 is 0 Å². The lowest BCUT2D eigenvalue weighted by atomic mass is 9.89. The predicted molar refractivity (Wildman–Crippen MR) is 135 cm³/mol. The van der Waals surface area contributed by atoms with Gasteiger partial charge in [-0.1, -0.05) is 86.8 Å². The second-order valence-corrected chi connectivity index (χ2v) is 8.44. The number of hydrogen-bond donors (Lipinski definition) is 1. The van der Waals surface area contributed by atoms with Crippen molar-refractivity contribution in [1.29, 1.82) is 0 Å². The molecule has 0 aromatic heterocycles. The van der Waals surface area contributed by atoms with Crippen LogP contribution in [0.1, 0.15) is 49.9 Å². The molecule has 3 heteroatoms. The fourth-order valence-electron chi connectivity index (χ4n) is 4.48. The summed E-state index contributed by atoms with van der Waals surface area (Å²) >= 11 is 0. The molecule has 0 bridgehead atoms. The Balaban J connectivity index is 1.90. The smallest absolute Gasteiger partial charge is 0.252 e. The molecule has 4 rings (SSSR count). The molecule has 32 heavy (non-hydrogen) atoms. The van der Waals surface area contributed by atoms with Crippen LogP contribution in [0, 0.1) is 0 Å². The third-order valence-corrected chi connectivity index (χ3v) is 6.15. The van der Waals surface area contributed by atoms with Gasteiger partial charge in [0.05, 0.1) is 7.11 Å². The van der Waals surface area contributed by atoms with Crippen LogP contribution in [0.5, 0.6) is 5.75 Å². The average Bonchev–Trinajstić information content (AvgIpc) is 2.82. The summed E-state index contributed by atoms with van der Waals surface area (Å²) in [7, 11) is 1.69. The third kappa shape index (κ3) is 4.34. The molecule has 0 unspecified atom stereocenters. The van der Waals surface area contributed by atoms with Crippen LogP contribution in [0.15, 0.2) is 72.8 Å². The number of carbonyl (C=O) groups is 1. The molecule has 0 spiro atoms. The first-order valence-corrected chi connectivity index (χ1v) is 11.5. The van der Waals surface area contributed by atoms with Gasteiger partial charge in [-0.2, -0.15) is 0 Å². The lowest BCUT2D eigenvalue weighted by molar-refractivity contribution is 0.0938. The van der Waals surface area contributed by atoms with Gasteiger partial charge in [0.1, 0.15) is 5.75 Å². The maximum atomic E-state index is 13.5. The van der Waals surface area contributed by atoms with Crippen molar-refractivity contribution < 1.29 is 9.53 Å². The summed E-state index contributed by atoms with van der Waals surface area (Å²) in [6.45, 7) is 4.29. The normalized spacial score (nSPS) is 12.1. The van der Waals surface area contributed by atoms with Crippen LogP contribution in [-0.4, -0.2) is 19.1 Å². The Kier molecular flexibility index (Phi) is 6.75. The number of benzene rings is 4. The maximum absolute atomic E-state index is 13.5. The minimum absolute atomic E-state index is 0.0373. The molecule has 3 nitrogen and oxygen atoms in total. The topological polar surface area (TPSA) is 38.3 Å². The molecule has 1 atom stereocenters. The lowest BCUT2D eigenvalue weighted by Gasteiger charge is -2.20. The zero-order chi connectivity index (χ0) is 22.5. The Morgan fingerprint density at radius 2 is 1.47 bits per heavy atom. The number of unbranched alkanes of at least 4 members (excludes halogenated alkanes) is 2. The number of fused-ring (bicyclic) bond motifs is 2. The zero-order valence-electron chi connectivity index (χ0n) is 19.2. The monoisotopic (exact) mass is 425 g/mol. The number of ether oxygens (including phenoxy) is 1. The van der Waals surface area contributed by atoms with Crippen molar-refractivity contribution in [2.24, 2.45) is 0 Å². The van der Waals surface area contributed by atoms with Crippen molar-refractivity contribution >= 4 is 27.5 Å². The number of hydrogen-bond acceptors (Lipinski definition) is 2. The largest absolute Gasteiger partial charge is 0.496 e. The highest BCUT2D eigenvalue weighted by molar-refractivity contribution is 6.15. The van der Waals surface area contributed by atoms with Crippen LogP contribution < -0.4 is 10.1 Å². The molecular formula is C29H31NO2. The Labute approximate surface area is 190 Å².